The van der Waals surface area contributed by atoms with Crippen molar-refractivity contribution >= 4 is 33.3 Å². The molecule has 3 aromatic rings. The number of hydrogen-bond acceptors (Lipinski definition) is 8. The van der Waals surface area contributed by atoms with E-state index in [4.69, 9.17) is 9.97 Å². The third kappa shape index (κ3) is 3.79. The number of anilines is 2. The van der Waals surface area contributed by atoms with E-state index in [9.17, 15) is 13.2 Å². The van der Waals surface area contributed by atoms with Gasteiger partial charge in [0.15, 0.2) is 5.82 Å². The first-order valence-electron chi connectivity index (χ1n) is 10.8. The number of aromatic nitrogens is 5. The van der Waals surface area contributed by atoms with Crippen LogP contribution in [0.2, 0.25) is 0 Å². The Kier molecular flexibility index (Phi) is 5.44. The van der Waals surface area contributed by atoms with Crippen molar-refractivity contribution in [3.8, 4) is 0 Å². The molecular weight excluding hydrogens is 441 g/mol. The van der Waals surface area contributed by atoms with E-state index in [0.29, 0.717) is 24.4 Å². The molecule has 8 nitrogen and oxygen atoms in total. The molecule has 1 N–H and O–H groups in total. The molecule has 1 atom stereocenters. The molecule has 0 aliphatic carbocycles. The number of halogens is 3. The van der Waals surface area contributed by atoms with Gasteiger partial charge in [-0.2, -0.15) is 18.2 Å². The van der Waals surface area contributed by atoms with Gasteiger partial charge in [0.1, 0.15) is 10.6 Å². The van der Waals surface area contributed by atoms with E-state index in [0.717, 1.165) is 48.4 Å². The molecule has 0 unspecified atom stereocenters. The number of aryl methyl sites for hydroxylation is 1. The van der Waals surface area contributed by atoms with E-state index in [1.54, 1.807) is 11.3 Å². The molecule has 0 radical (unpaired) electrons. The highest BCUT2D eigenvalue weighted by Crippen LogP contribution is 2.36. The Morgan fingerprint density at radius 1 is 1.16 bits per heavy atom. The number of nitrogens with one attached hydrogen (secondary N) is 1. The van der Waals surface area contributed by atoms with Crippen molar-refractivity contribution in [1.82, 2.24) is 30.0 Å². The Hall–Kier alpha value is -2.47. The molecule has 32 heavy (non-hydrogen) atoms. The van der Waals surface area contributed by atoms with Gasteiger partial charge in [0.05, 0.1) is 11.9 Å². The summed E-state index contributed by atoms with van der Waals surface area (Å²) in [7, 11) is 1.96. The molecule has 1 fully saturated rings. The lowest BCUT2D eigenvalue weighted by Gasteiger charge is -2.30. The van der Waals surface area contributed by atoms with Gasteiger partial charge in [0.2, 0.25) is 11.8 Å². The van der Waals surface area contributed by atoms with Crippen molar-refractivity contribution in [2.24, 2.45) is 0 Å². The first-order chi connectivity index (χ1) is 15.4. The second-order valence-corrected chi connectivity index (χ2v) is 9.38. The molecule has 0 aromatic carbocycles. The van der Waals surface area contributed by atoms with Gasteiger partial charge in [-0.1, -0.05) is 13.3 Å². The van der Waals surface area contributed by atoms with Gasteiger partial charge in [-0.3, -0.25) is 0 Å². The zero-order valence-corrected chi connectivity index (χ0v) is 18.8. The first-order valence-corrected chi connectivity index (χ1v) is 11.7. The van der Waals surface area contributed by atoms with Gasteiger partial charge in [-0.05, 0) is 26.0 Å². The molecule has 2 aliphatic rings. The SMILES string of the molecule is CCCc1cc2c(N3CCn4c(nnc4C(F)(F)F)C3)nc(N3CC[C@H](NC)C3)nc2s1. The fourth-order valence-corrected chi connectivity index (χ4v) is 5.54. The van der Waals surface area contributed by atoms with Crippen molar-refractivity contribution in [2.75, 3.05) is 36.5 Å². The van der Waals surface area contributed by atoms with Crippen LogP contribution in [0.5, 0.6) is 0 Å². The lowest BCUT2D eigenvalue weighted by molar-refractivity contribution is -0.147. The maximum Gasteiger partial charge on any atom is 0.451 e. The van der Waals surface area contributed by atoms with Crippen molar-refractivity contribution in [3.63, 3.8) is 0 Å². The molecule has 5 rings (SSSR count). The van der Waals surface area contributed by atoms with E-state index < -0.39 is 12.0 Å². The normalized spacial score (nSPS) is 19.2. The molecule has 0 saturated carbocycles. The van der Waals surface area contributed by atoms with Crippen LogP contribution in [0.1, 0.15) is 36.3 Å². The summed E-state index contributed by atoms with van der Waals surface area (Å²) in [5.41, 5.74) is 0. The standard InChI is InChI=1S/C20H25F3N8S/c1-3-4-13-9-14-16(25-19(26-17(14)32-13)30-6-5-12(10-30)24-2)29-7-8-31-15(11-29)27-28-18(31)20(21,22)23/h9,12,24H,3-8,10-11H2,1-2H3/t12-/m0/s1. The Morgan fingerprint density at radius 3 is 2.72 bits per heavy atom. The zero-order chi connectivity index (χ0) is 22.5. The van der Waals surface area contributed by atoms with Crippen LogP contribution >= 0.6 is 11.3 Å². The van der Waals surface area contributed by atoms with Gasteiger partial charge < -0.3 is 19.7 Å². The van der Waals surface area contributed by atoms with Crippen LogP contribution in [-0.4, -0.2) is 57.5 Å². The number of thiophene rings is 1. The summed E-state index contributed by atoms with van der Waals surface area (Å²) in [5, 5.41) is 11.5. The summed E-state index contributed by atoms with van der Waals surface area (Å²) in [4.78, 5) is 16.1. The second kappa shape index (κ2) is 8.14. The van der Waals surface area contributed by atoms with Crippen LogP contribution in [0.3, 0.4) is 0 Å². The second-order valence-electron chi connectivity index (χ2n) is 8.26. The molecule has 0 bridgehead atoms. The topological polar surface area (TPSA) is 75.0 Å². The Balaban J connectivity index is 1.53. The fraction of sp³-hybridized carbons (Fsp3) is 0.600. The average molecular weight is 467 g/mol. The Labute approximate surface area is 187 Å². The van der Waals surface area contributed by atoms with Crippen LogP contribution in [0.4, 0.5) is 24.9 Å². The highest BCUT2D eigenvalue weighted by molar-refractivity contribution is 7.18. The minimum absolute atomic E-state index is 0.162. The molecular formula is C20H25F3N8S. The molecule has 0 amide bonds. The smallest absolute Gasteiger partial charge is 0.347 e. The van der Waals surface area contributed by atoms with Crippen LogP contribution in [0.25, 0.3) is 10.2 Å². The van der Waals surface area contributed by atoms with Crippen LogP contribution in [0, 0.1) is 0 Å². The van der Waals surface area contributed by atoms with E-state index >= 15 is 0 Å². The van der Waals surface area contributed by atoms with Crippen LogP contribution in [-0.2, 0) is 25.7 Å². The van der Waals surface area contributed by atoms with E-state index in [-0.39, 0.29) is 13.1 Å². The number of nitrogens with zero attached hydrogens (tertiary/aromatic N) is 7. The highest BCUT2D eigenvalue weighted by atomic mass is 32.1. The molecule has 2 aliphatic heterocycles. The molecule has 1 saturated heterocycles. The van der Waals surface area contributed by atoms with Gasteiger partial charge in [0, 0.05) is 37.1 Å². The summed E-state index contributed by atoms with van der Waals surface area (Å²) < 4.78 is 40.9. The number of likely N-dealkylation sites (N-methyl/N-ethyl adjacent to an activating group) is 1. The van der Waals surface area contributed by atoms with Gasteiger partial charge >= 0.3 is 6.18 Å². The summed E-state index contributed by atoms with van der Waals surface area (Å²) in [6.45, 7) is 4.63. The monoisotopic (exact) mass is 466 g/mol. The van der Waals surface area contributed by atoms with Crippen molar-refractivity contribution in [2.45, 2.75) is 51.5 Å². The predicted octanol–water partition coefficient (Wildman–Crippen LogP) is 3.07. The minimum Gasteiger partial charge on any atom is -0.347 e. The molecule has 0 spiro atoms. The van der Waals surface area contributed by atoms with Crippen LogP contribution < -0.4 is 15.1 Å². The average Bonchev–Trinajstić information content (AvgIpc) is 3.49. The third-order valence-electron chi connectivity index (χ3n) is 6.09. The lowest BCUT2D eigenvalue weighted by atomic mass is 10.2. The number of hydrogen-bond donors (Lipinski definition) is 1. The number of fused-ring (bicyclic) bond motifs is 2. The van der Waals surface area contributed by atoms with Crippen LogP contribution in [0.15, 0.2) is 6.07 Å². The van der Waals surface area contributed by atoms with E-state index in [2.05, 4.69) is 33.4 Å². The minimum atomic E-state index is -4.51. The zero-order valence-electron chi connectivity index (χ0n) is 18.0. The maximum absolute atomic E-state index is 13.2. The largest absolute Gasteiger partial charge is 0.451 e. The van der Waals surface area contributed by atoms with Crippen molar-refractivity contribution < 1.29 is 13.2 Å². The Bertz CT molecular complexity index is 1120. The molecule has 5 heterocycles. The van der Waals surface area contributed by atoms with E-state index in [1.807, 2.05) is 11.9 Å². The first kappa shape index (κ1) is 21.4. The summed E-state index contributed by atoms with van der Waals surface area (Å²) >= 11 is 1.67. The molecule has 12 heteroatoms. The fourth-order valence-electron chi connectivity index (χ4n) is 4.42. The molecule has 172 valence electrons. The summed E-state index contributed by atoms with van der Waals surface area (Å²) in [6.07, 6.45) is -1.49. The summed E-state index contributed by atoms with van der Waals surface area (Å²) in [6, 6.07) is 2.52. The van der Waals surface area contributed by atoms with Gasteiger partial charge in [-0.25, -0.2) is 4.98 Å². The van der Waals surface area contributed by atoms with Gasteiger partial charge in [-0.15, -0.1) is 21.5 Å². The van der Waals surface area contributed by atoms with Crippen molar-refractivity contribution in [3.05, 3.63) is 22.6 Å². The number of rotatable bonds is 5. The summed E-state index contributed by atoms with van der Waals surface area (Å²) in [5.74, 6) is 0.811. The maximum atomic E-state index is 13.2. The molecule has 3 aromatic heterocycles. The third-order valence-corrected chi connectivity index (χ3v) is 7.18. The highest BCUT2D eigenvalue weighted by Gasteiger charge is 2.40. The predicted molar refractivity (Wildman–Crippen MR) is 117 cm³/mol. The van der Waals surface area contributed by atoms with Gasteiger partial charge in [0.25, 0.3) is 0 Å². The lowest BCUT2D eigenvalue weighted by Crippen LogP contribution is -2.36. The van der Waals surface area contributed by atoms with Crippen molar-refractivity contribution in [1.29, 1.82) is 0 Å². The quantitative estimate of drug-likeness (QED) is 0.619. The van der Waals surface area contributed by atoms with E-state index in [1.165, 1.54) is 9.44 Å². The number of alkyl halides is 3. The Morgan fingerprint density at radius 2 is 2.00 bits per heavy atom.